The van der Waals surface area contributed by atoms with Crippen molar-refractivity contribution in [3.63, 3.8) is 0 Å². The van der Waals surface area contributed by atoms with Gasteiger partial charge in [-0.05, 0) is 18.4 Å². The monoisotopic (exact) mass is 373 g/mol. The summed E-state index contributed by atoms with van der Waals surface area (Å²) in [4.78, 5) is 26.0. The predicted molar refractivity (Wildman–Crippen MR) is 105 cm³/mol. The summed E-state index contributed by atoms with van der Waals surface area (Å²) >= 11 is 0. The first kappa shape index (κ1) is 18.6. The van der Waals surface area contributed by atoms with Gasteiger partial charge in [0.15, 0.2) is 0 Å². The third kappa shape index (κ3) is 4.31. The van der Waals surface area contributed by atoms with E-state index in [9.17, 15) is 4.79 Å². The number of amides is 1. The maximum absolute atomic E-state index is 12.1. The van der Waals surface area contributed by atoms with Crippen LogP contribution in [0, 0.1) is 0 Å². The third-order valence-electron chi connectivity index (χ3n) is 5.04. The first-order chi connectivity index (χ1) is 12.3. The maximum atomic E-state index is 12.1. The molecule has 2 aromatic rings. The molecule has 4 heterocycles. The van der Waals surface area contributed by atoms with Crippen LogP contribution in [0.2, 0.25) is 0 Å². The average molecular weight is 374 g/mol. The lowest BCUT2D eigenvalue weighted by Crippen LogP contribution is -2.38. The minimum absolute atomic E-state index is 0. The van der Waals surface area contributed by atoms with Crippen LogP contribution in [0.1, 0.15) is 18.4 Å². The van der Waals surface area contributed by atoms with Crippen LogP contribution in [-0.2, 0) is 11.2 Å². The van der Waals surface area contributed by atoms with Crippen LogP contribution in [0.15, 0.2) is 42.7 Å². The molecular formula is C19H24ClN5O. The number of benzene rings is 1. The Bertz CT molecular complexity index is 716. The van der Waals surface area contributed by atoms with Crippen molar-refractivity contribution in [2.24, 2.45) is 0 Å². The highest BCUT2D eigenvalue weighted by Gasteiger charge is 2.30. The van der Waals surface area contributed by atoms with Crippen molar-refractivity contribution in [1.82, 2.24) is 14.9 Å². The number of carbonyl (C=O) groups excluding carboxylic acids is 1. The quantitative estimate of drug-likeness (QED) is 0.891. The molecule has 1 aromatic carbocycles. The molecule has 3 fully saturated rings. The van der Waals surface area contributed by atoms with Gasteiger partial charge in [-0.2, -0.15) is 0 Å². The molecule has 2 bridgehead atoms. The van der Waals surface area contributed by atoms with Gasteiger partial charge >= 0.3 is 0 Å². The molecule has 7 heteroatoms. The molecule has 0 spiro atoms. The summed E-state index contributed by atoms with van der Waals surface area (Å²) in [5, 5.41) is 2.88. The van der Waals surface area contributed by atoms with Gasteiger partial charge in [0.2, 0.25) is 11.9 Å². The number of piperidine rings is 1. The van der Waals surface area contributed by atoms with Crippen molar-refractivity contribution in [1.29, 1.82) is 0 Å². The van der Waals surface area contributed by atoms with E-state index in [1.807, 2.05) is 30.3 Å². The summed E-state index contributed by atoms with van der Waals surface area (Å²) in [6, 6.07) is 10.3. The molecule has 0 atom stereocenters. The van der Waals surface area contributed by atoms with E-state index in [0.29, 0.717) is 18.2 Å². The second kappa shape index (κ2) is 8.47. The van der Waals surface area contributed by atoms with E-state index in [-0.39, 0.29) is 18.3 Å². The lowest BCUT2D eigenvalue weighted by molar-refractivity contribution is -0.115. The standard InChI is InChI=1S/C19H23N5O.ClH/c25-18(12-15-4-2-1-3-5-15)22-16-13-20-19(21-14-16)24-11-10-23-8-6-17(24)7-9-23;/h1-5,13-14,17H,6-12H2,(H,22,25);1H. The minimum Gasteiger partial charge on any atom is -0.336 e. The molecule has 1 N–H and O–H groups in total. The summed E-state index contributed by atoms with van der Waals surface area (Å²) in [5.74, 6) is 0.721. The second-order valence-electron chi connectivity index (χ2n) is 6.75. The number of halogens is 1. The highest BCUT2D eigenvalue weighted by atomic mass is 35.5. The molecule has 3 aliphatic rings. The van der Waals surface area contributed by atoms with Crippen LogP contribution in [0.3, 0.4) is 0 Å². The number of nitrogens with zero attached hydrogens (tertiary/aromatic N) is 4. The Labute approximate surface area is 160 Å². The summed E-state index contributed by atoms with van der Waals surface area (Å²) in [6.07, 6.45) is 6.14. The summed E-state index contributed by atoms with van der Waals surface area (Å²) in [7, 11) is 0. The predicted octanol–water partition coefficient (Wildman–Crippen LogP) is 2.36. The van der Waals surface area contributed by atoms with E-state index in [0.717, 1.165) is 24.6 Å². The highest BCUT2D eigenvalue weighted by molar-refractivity contribution is 5.91. The molecular weight excluding hydrogens is 350 g/mol. The van der Waals surface area contributed by atoms with Crippen molar-refractivity contribution >= 4 is 29.9 Å². The van der Waals surface area contributed by atoms with Gasteiger partial charge in [-0.3, -0.25) is 4.79 Å². The van der Waals surface area contributed by atoms with Gasteiger partial charge in [-0.1, -0.05) is 30.3 Å². The zero-order valence-electron chi connectivity index (χ0n) is 14.7. The van der Waals surface area contributed by atoms with Crippen LogP contribution in [0.5, 0.6) is 0 Å². The fraction of sp³-hybridized carbons (Fsp3) is 0.421. The SMILES string of the molecule is Cl.O=C(Cc1ccccc1)Nc1cnc(N2CCN3CCC2CC3)nc1. The second-order valence-corrected chi connectivity index (χ2v) is 6.75. The van der Waals surface area contributed by atoms with Crippen molar-refractivity contribution in [3.8, 4) is 0 Å². The molecule has 5 rings (SSSR count). The van der Waals surface area contributed by atoms with E-state index in [1.54, 1.807) is 12.4 Å². The number of fused-ring (bicyclic) bond motifs is 4. The zero-order chi connectivity index (χ0) is 17.1. The minimum atomic E-state index is -0.0521. The average Bonchev–Trinajstić information content (AvgIpc) is 2.97. The van der Waals surface area contributed by atoms with Crippen LogP contribution in [0.4, 0.5) is 11.6 Å². The smallest absolute Gasteiger partial charge is 0.228 e. The molecule has 6 nitrogen and oxygen atoms in total. The van der Waals surface area contributed by atoms with Crippen LogP contribution >= 0.6 is 12.4 Å². The number of rotatable bonds is 4. The molecule has 1 aromatic heterocycles. The Morgan fingerprint density at radius 3 is 2.42 bits per heavy atom. The molecule has 138 valence electrons. The van der Waals surface area contributed by atoms with Crippen molar-refractivity contribution in [2.75, 3.05) is 36.4 Å². The van der Waals surface area contributed by atoms with E-state index in [1.165, 1.54) is 25.9 Å². The lowest BCUT2D eigenvalue weighted by atomic mass is 10.1. The van der Waals surface area contributed by atoms with Crippen LogP contribution in [-0.4, -0.2) is 53.0 Å². The van der Waals surface area contributed by atoms with Gasteiger partial charge in [0, 0.05) is 32.2 Å². The van der Waals surface area contributed by atoms with E-state index in [2.05, 4.69) is 25.1 Å². The number of hydrogen-bond acceptors (Lipinski definition) is 5. The fourth-order valence-electron chi connectivity index (χ4n) is 3.67. The Kier molecular flexibility index (Phi) is 6.06. The Balaban J connectivity index is 0.00000196. The van der Waals surface area contributed by atoms with Gasteiger partial charge in [0.1, 0.15) is 0 Å². The van der Waals surface area contributed by atoms with Gasteiger partial charge in [0.05, 0.1) is 24.5 Å². The highest BCUT2D eigenvalue weighted by Crippen LogP contribution is 2.24. The first-order valence-corrected chi connectivity index (χ1v) is 8.93. The molecule has 0 radical (unpaired) electrons. The molecule has 3 aliphatic heterocycles. The van der Waals surface area contributed by atoms with E-state index < -0.39 is 0 Å². The summed E-state index contributed by atoms with van der Waals surface area (Å²) < 4.78 is 0. The van der Waals surface area contributed by atoms with Crippen LogP contribution < -0.4 is 10.2 Å². The van der Waals surface area contributed by atoms with Crippen molar-refractivity contribution < 1.29 is 4.79 Å². The van der Waals surface area contributed by atoms with Gasteiger partial charge < -0.3 is 15.1 Å². The summed E-state index contributed by atoms with van der Waals surface area (Å²) in [5.41, 5.74) is 1.64. The molecule has 0 saturated carbocycles. The molecule has 3 saturated heterocycles. The normalized spacial score (nSPS) is 21.6. The van der Waals surface area contributed by atoms with Crippen molar-refractivity contribution in [3.05, 3.63) is 48.3 Å². The van der Waals surface area contributed by atoms with Gasteiger partial charge in [0.25, 0.3) is 0 Å². The fourth-order valence-corrected chi connectivity index (χ4v) is 3.67. The van der Waals surface area contributed by atoms with Crippen LogP contribution in [0.25, 0.3) is 0 Å². The Morgan fingerprint density at radius 1 is 1.04 bits per heavy atom. The van der Waals surface area contributed by atoms with E-state index >= 15 is 0 Å². The zero-order valence-corrected chi connectivity index (χ0v) is 15.5. The third-order valence-corrected chi connectivity index (χ3v) is 5.04. The Morgan fingerprint density at radius 2 is 1.73 bits per heavy atom. The maximum Gasteiger partial charge on any atom is 0.228 e. The molecule has 0 aliphatic carbocycles. The first-order valence-electron chi connectivity index (χ1n) is 8.93. The number of hydrogen-bond donors (Lipinski definition) is 1. The number of anilines is 2. The summed E-state index contributed by atoms with van der Waals surface area (Å²) in [6.45, 7) is 4.41. The lowest BCUT2D eigenvalue weighted by Gasteiger charge is -2.31. The Hall–Kier alpha value is -2.18. The largest absolute Gasteiger partial charge is 0.336 e. The number of carbonyl (C=O) groups is 1. The molecule has 1 amide bonds. The number of nitrogens with one attached hydrogen (secondary N) is 1. The molecule has 0 unspecified atom stereocenters. The van der Waals surface area contributed by atoms with Crippen molar-refractivity contribution in [2.45, 2.75) is 25.3 Å². The van der Waals surface area contributed by atoms with E-state index in [4.69, 9.17) is 0 Å². The van der Waals surface area contributed by atoms with Gasteiger partial charge in [-0.25, -0.2) is 9.97 Å². The van der Waals surface area contributed by atoms with Gasteiger partial charge in [-0.15, -0.1) is 12.4 Å². The topological polar surface area (TPSA) is 61.4 Å². The molecule has 26 heavy (non-hydrogen) atoms. The number of aromatic nitrogens is 2.